The Balaban J connectivity index is 2.86. The van der Waals surface area contributed by atoms with E-state index in [4.69, 9.17) is 11.5 Å². The van der Waals surface area contributed by atoms with Crippen LogP contribution in [0.5, 0.6) is 0 Å². The van der Waals surface area contributed by atoms with Crippen LogP contribution in [-0.2, 0) is 0 Å². The van der Waals surface area contributed by atoms with Gasteiger partial charge in [0.2, 0.25) is 0 Å². The molecule has 0 heterocycles. The molecule has 0 aromatic heterocycles. The van der Waals surface area contributed by atoms with Crippen LogP contribution in [0.15, 0.2) is 48.2 Å². The summed E-state index contributed by atoms with van der Waals surface area (Å²) in [5, 5.41) is 0. The Kier molecular flexibility index (Phi) is 3.15. The van der Waals surface area contributed by atoms with Gasteiger partial charge < -0.3 is 11.5 Å². The maximum absolute atomic E-state index is 5.80. The molecule has 0 amide bonds. The maximum Gasteiger partial charge on any atom is 0.0388 e. The maximum atomic E-state index is 5.80. The summed E-state index contributed by atoms with van der Waals surface area (Å²) in [6.45, 7) is 1.83. The summed E-state index contributed by atoms with van der Waals surface area (Å²) in [4.78, 5) is 0. The Hall–Kier alpha value is -1.70. The van der Waals surface area contributed by atoms with Crippen molar-refractivity contribution >= 4 is 5.70 Å². The van der Waals surface area contributed by atoms with Crippen molar-refractivity contribution in [3.05, 3.63) is 53.7 Å². The van der Waals surface area contributed by atoms with E-state index in [1.165, 1.54) is 0 Å². The van der Waals surface area contributed by atoms with Crippen LogP contribution in [0, 0.1) is 0 Å². The van der Waals surface area contributed by atoms with Crippen LogP contribution < -0.4 is 11.5 Å². The fourth-order valence-corrected chi connectivity index (χ4v) is 0.948. The van der Waals surface area contributed by atoms with Crippen molar-refractivity contribution in [1.82, 2.24) is 0 Å². The van der Waals surface area contributed by atoms with Gasteiger partial charge in [0.05, 0.1) is 0 Å². The van der Waals surface area contributed by atoms with Crippen molar-refractivity contribution in [2.45, 2.75) is 6.92 Å². The lowest BCUT2D eigenvalue weighted by Crippen LogP contribution is -1.96. The van der Waals surface area contributed by atoms with Gasteiger partial charge in [-0.1, -0.05) is 30.3 Å². The monoisotopic (exact) mass is 174 g/mol. The molecule has 68 valence electrons. The van der Waals surface area contributed by atoms with Crippen LogP contribution in [0.2, 0.25) is 0 Å². The Morgan fingerprint density at radius 2 is 1.69 bits per heavy atom. The third kappa shape index (κ3) is 3.03. The van der Waals surface area contributed by atoms with E-state index in [-0.39, 0.29) is 0 Å². The first-order chi connectivity index (χ1) is 6.20. The van der Waals surface area contributed by atoms with Crippen LogP contribution in [0.4, 0.5) is 0 Å². The highest BCUT2D eigenvalue weighted by Gasteiger charge is 1.91. The van der Waals surface area contributed by atoms with E-state index in [1.54, 1.807) is 6.08 Å². The molecule has 1 aromatic carbocycles. The SMILES string of the molecule is C/C(N)=C/C=C(\N)c1ccccc1. The summed E-state index contributed by atoms with van der Waals surface area (Å²) in [6, 6.07) is 9.79. The summed E-state index contributed by atoms with van der Waals surface area (Å²) >= 11 is 0. The third-order valence-electron chi connectivity index (χ3n) is 1.63. The van der Waals surface area contributed by atoms with Gasteiger partial charge >= 0.3 is 0 Å². The molecule has 0 bridgehead atoms. The van der Waals surface area contributed by atoms with Gasteiger partial charge in [-0.2, -0.15) is 0 Å². The minimum absolute atomic E-state index is 0.727. The number of nitrogens with two attached hydrogens (primary N) is 2. The van der Waals surface area contributed by atoms with E-state index >= 15 is 0 Å². The Labute approximate surface area is 78.6 Å². The fourth-order valence-electron chi connectivity index (χ4n) is 0.948. The number of benzene rings is 1. The van der Waals surface area contributed by atoms with Crippen molar-refractivity contribution in [2.24, 2.45) is 11.5 Å². The highest BCUT2D eigenvalue weighted by Crippen LogP contribution is 2.07. The molecule has 0 saturated carbocycles. The van der Waals surface area contributed by atoms with Crippen LogP contribution in [-0.4, -0.2) is 0 Å². The summed E-state index contributed by atoms with van der Waals surface area (Å²) in [5.74, 6) is 0. The molecule has 0 radical (unpaired) electrons. The van der Waals surface area contributed by atoms with Gasteiger partial charge in [-0.05, 0) is 24.6 Å². The van der Waals surface area contributed by atoms with Gasteiger partial charge in [-0.15, -0.1) is 0 Å². The van der Waals surface area contributed by atoms with Crippen molar-refractivity contribution in [1.29, 1.82) is 0 Å². The van der Waals surface area contributed by atoms with Gasteiger partial charge in [0.15, 0.2) is 0 Å². The van der Waals surface area contributed by atoms with Crippen LogP contribution >= 0.6 is 0 Å². The zero-order valence-electron chi connectivity index (χ0n) is 7.70. The highest BCUT2D eigenvalue weighted by atomic mass is 14.6. The van der Waals surface area contributed by atoms with Crippen LogP contribution in [0.25, 0.3) is 5.70 Å². The number of hydrogen-bond acceptors (Lipinski definition) is 2. The summed E-state index contributed by atoms with van der Waals surface area (Å²) in [6.07, 6.45) is 3.60. The second kappa shape index (κ2) is 4.36. The molecule has 0 spiro atoms. The molecule has 4 N–H and O–H groups in total. The fraction of sp³-hybridized carbons (Fsp3) is 0.0909. The number of rotatable bonds is 2. The van der Waals surface area contributed by atoms with Gasteiger partial charge in [-0.3, -0.25) is 0 Å². The molecule has 0 aliphatic heterocycles. The van der Waals surface area contributed by atoms with E-state index in [0.717, 1.165) is 17.0 Å². The molecule has 2 nitrogen and oxygen atoms in total. The number of allylic oxidation sites excluding steroid dienone is 3. The molecule has 0 fully saturated rings. The molecule has 0 unspecified atom stereocenters. The second-order valence-electron chi connectivity index (χ2n) is 2.90. The summed E-state index contributed by atoms with van der Waals surface area (Å²) in [7, 11) is 0. The van der Waals surface area contributed by atoms with Crippen LogP contribution in [0.1, 0.15) is 12.5 Å². The van der Waals surface area contributed by atoms with Crippen molar-refractivity contribution < 1.29 is 0 Å². The molecular weight excluding hydrogens is 160 g/mol. The van der Waals surface area contributed by atoms with Crippen LogP contribution in [0.3, 0.4) is 0 Å². The van der Waals surface area contributed by atoms with Gasteiger partial charge in [0, 0.05) is 11.4 Å². The van der Waals surface area contributed by atoms with Gasteiger partial charge in [-0.25, -0.2) is 0 Å². The quantitative estimate of drug-likeness (QED) is 0.672. The average Bonchev–Trinajstić information content (AvgIpc) is 2.15. The van der Waals surface area contributed by atoms with Gasteiger partial charge in [0.25, 0.3) is 0 Å². The summed E-state index contributed by atoms with van der Waals surface area (Å²) in [5.41, 5.74) is 13.8. The smallest absolute Gasteiger partial charge is 0.0388 e. The third-order valence-corrected chi connectivity index (χ3v) is 1.63. The zero-order valence-corrected chi connectivity index (χ0v) is 7.70. The van der Waals surface area contributed by atoms with E-state index in [0.29, 0.717) is 0 Å². The lowest BCUT2D eigenvalue weighted by molar-refractivity contribution is 1.31. The molecule has 0 saturated heterocycles. The Bertz CT molecular complexity index is 319. The molecule has 1 rings (SSSR count). The minimum Gasteiger partial charge on any atom is -0.402 e. The Morgan fingerprint density at radius 1 is 1.08 bits per heavy atom. The van der Waals surface area contributed by atoms with E-state index < -0.39 is 0 Å². The average molecular weight is 174 g/mol. The van der Waals surface area contributed by atoms with Crippen molar-refractivity contribution in [3.8, 4) is 0 Å². The largest absolute Gasteiger partial charge is 0.402 e. The first kappa shape index (κ1) is 9.39. The molecule has 0 aliphatic rings. The molecular formula is C11H14N2. The predicted molar refractivity (Wildman–Crippen MR) is 56.6 cm³/mol. The normalized spacial score (nSPS) is 13.0. The lowest BCUT2D eigenvalue weighted by atomic mass is 10.1. The lowest BCUT2D eigenvalue weighted by Gasteiger charge is -1.98. The predicted octanol–water partition coefficient (Wildman–Crippen LogP) is 1.85. The minimum atomic E-state index is 0.727. The van der Waals surface area contributed by atoms with E-state index in [1.807, 2.05) is 43.3 Å². The highest BCUT2D eigenvalue weighted by molar-refractivity contribution is 5.63. The van der Waals surface area contributed by atoms with E-state index in [9.17, 15) is 0 Å². The molecule has 0 atom stereocenters. The summed E-state index contributed by atoms with van der Waals surface area (Å²) < 4.78 is 0. The second-order valence-corrected chi connectivity index (χ2v) is 2.90. The number of hydrogen-bond donors (Lipinski definition) is 2. The Morgan fingerprint density at radius 3 is 2.23 bits per heavy atom. The van der Waals surface area contributed by atoms with Crippen molar-refractivity contribution in [2.75, 3.05) is 0 Å². The van der Waals surface area contributed by atoms with E-state index in [2.05, 4.69) is 0 Å². The zero-order chi connectivity index (χ0) is 9.68. The molecule has 0 aliphatic carbocycles. The van der Waals surface area contributed by atoms with Crippen molar-refractivity contribution in [3.63, 3.8) is 0 Å². The molecule has 13 heavy (non-hydrogen) atoms. The topological polar surface area (TPSA) is 52.0 Å². The van der Waals surface area contributed by atoms with Gasteiger partial charge in [0.1, 0.15) is 0 Å². The molecule has 1 aromatic rings. The first-order valence-corrected chi connectivity index (χ1v) is 4.15. The molecule has 2 heteroatoms. The standard InChI is InChI=1S/C11H14N2/c1-9(12)7-8-11(13)10-5-3-2-4-6-10/h2-8H,12-13H2,1H3/b9-7-,11-8-. The first-order valence-electron chi connectivity index (χ1n) is 4.15.